The van der Waals surface area contributed by atoms with E-state index in [1.54, 1.807) is 19.3 Å². The van der Waals surface area contributed by atoms with Crippen LogP contribution in [0, 0.1) is 0 Å². The van der Waals surface area contributed by atoms with Gasteiger partial charge >= 0.3 is 0 Å². The second-order valence-corrected chi connectivity index (χ2v) is 6.05. The quantitative estimate of drug-likeness (QED) is 0.941. The number of amides is 1. The zero-order valence-electron chi connectivity index (χ0n) is 13.7. The third-order valence-electron chi connectivity index (χ3n) is 3.86. The molecule has 0 fully saturated rings. The largest absolute Gasteiger partial charge is 0.368 e. The molecule has 1 aliphatic rings. The number of rotatable bonds is 3. The highest BCUT2D eigenvalue weighted by Gasteiger charge is 2.24. The fourth-order valence-corrected chi connectivity index (χ4v) is 2.72. The Kier molecular flexibility index (Phi) is 4.23. The predicted molar refractivity (Wildman–Crippen MR) is 88.8 cm³/mol. The molecule has 23 heavy (non-hydrogen) atoms. The second kappa shape index (κ2) is 6.32. The molecule has 6 nitrogen and oxygen atoms in total. The summed E-state index contributed by atoms with van der Waals surface area (Å²) in [6.07, 6.45) is 4.26. The van der Waals surface area contributed by atoms with Gasteiger partial charge in [-0.15, -0.1) is 0 Å². The molecule has 2 aromatic rings. The van der Waals surface area contributed by atoms with E-state index in [4.69, 9.17) is 9.97 Å². The number of anilines is 1. The summed E-state index contributed by atoms with van der Waals surface area (Å²) in [5, 5.41) is 3.41. The number of carbonyl (C=O) groups excluding carboxylic acids is 1. The molecule has 0 unspecified atom stereocenters. The minimum absolute atomic E-state index is 0.0792. The fourth-order valence-electron chi connectivity index (χ4n) is 2.72. The van der Waals surface area contributed by atoms with Gasteiger partial charge in [0.2, 0.25) is 5.91 Å². The molecule has 3 heterocycles. The SMILES string of the molecule is CC(=O)N1CCc2c(nc(-c3cccnc3)nc2NC(C)C)C1. The van der Waals surface area contributed by atoms with Crippen LogP contribution in [0.4, 0.5) is 5.82 Å². The van der Waals surface area contributed by atoms with Gasteiger partial charge in [-0.2, -0.15) is 0 Å². The first-order chi connectivity index (χ1) is 11.0. The average molecular weight is 311 g/mol. The first-order valence-corrected chi connectivity index (χ1v) is 7.87. The van der Waals surface area contributed by atoms with Gasteiger partial charge in [0, 0.05) is 43.0 Å². The summed E-state index contributed by atoms with van der Waals surface area (Å²) in [7, 11) is 0. The van der Waals surface area contributed by atoms with Gasteiger partial charge in [-0.3, -0.25) is 9.78 Å². The summed E-state index contributed by atoms with van der Waals surface area (Å²) in [6.45, 7) is 7.02. The van der Waals surface area contributed by atoms with Gasteiger partial charge in [0.05, 0.1) is 12.2 Å². The summed E-state index contributed by atoms with van der Waals surface area (Å²) >= 11 is 0. The first kappa shape index (κ1) is 15.4. The summed E-state index contributed by atoms with van der Waals surface area (Å²) in [6, 6.07) is 4.09. The molecule has 2 aromatic heterocycles. The lowest BCUT2D eigenvalue weighted by molar-refractivity contribution is -0.129. The molecule has 0 atom stereocenters. The molecule has 3 rings (SSSR count). The molecule has 0 saturated carbocycles. The van der Waals surface area contributed by atoms with Gasteiger partial charge in [-0.25, -0.2) is 9.97 Å². The zero-order valence-corrected chi connectivity index (χ0v) is 13.7. The molecule has 1 N–H and O–H groups in total. The van der Waals surface area contributed by atoms with Gasteiger partial charge in [0.1, 0.15) is 5.82 Å². The Morgan fingerprint density at radius 1 is 1.35 bits per heavy atom. The van der Waals surface area contributed by atoms with Crippen LogP contribution in [-0.4, -0.2) is 38.3 Å². The van der Waals surface area contributed by atoms with Crippen molar-refractivity contribution in [2.24, 2.45) is 0 Å². The molecule has 1 amide bonds. The Bertz CT molecular complexity index is 714. The highest BCUT2D eigenvalue weighted by molar-refractivity contribution is 5.74. The summed E-state index contributed by atoms with van der Waals surface area (Å²) in [4.78, 5) is 27.0. The van der Waals surface area contributed by atoms with Gasteiger partial charge in [0.25, 0.3) is 0 Å². The number of hydrogen-bond donors (Lipinski definition) is 1. The van der Waals surface area contributed by atoms with Crippen molar-refractivity contribution in [3.8, 4) is 11.4 Å². The number of pyridine rings is 1. The number of aromatic nitrogens is 3. The fraction of sp³-hybridized carbons (Fsp3) is 0.412. The standard InChI is InChI=1S/C17H21N5O/c1-11(2)19-17-14-6-8-22(12(3)23)10-15(14)20-16(21-17)13-5-4-7-18-9-13/h4-5,7,9,11H,6,8,10H2,1-3H3,(H,19,20,21). The molecule has 6 heteroatoms. The lowest BCUT2D eigenvalue weighted by Gasteiger charge is -2.29. The monoisotopic (exact) mass is 311 g/mol. The molecule has 0 aliphatic carbocycles. The maximum atomic E-state index is 11.7. The van der Waals surface area contributed by atoms with E-state index in [-0.39, 0.29) is 11.9 Å². The average Bonchev–Trinajstić information content (AvgIpc) is 2.54. The number of hydrogen-bond acceptors (Lipinski definition) is 5. The minimum Gasteiger partial charge on any atom is -0.368 e. The van der Waals surface area contributed by atoms with Gasteiger partial charge in [0.15, 0.2) is 5.82 Å². The van der Waals surface area contributed by atoms with Crippen LogP contribution in [0.25, 0.3) is 11.4 Å². The topological polar surface area (TPSA) is 71.0 Å². The predicted octanol–water partition coefficient (Wildman–Crippen LogP) is 2.26. The van der Waals surface area contributed by atoms with Gasteiger partial charge in [-0.1, -0.05) is 0 Å². The summed E-state index contributed by atoms with van der Waals surface area (Å²) < 4.78 is 0. The van der Waals surface area contributed by atoms with E-state index in [0.29, 0.717) is 18.9 Å². The van der Waals surface area contributed by atoms with Crippen molar-refractivity contribution >= 4 is 11.7 Å². The van der Waals surface area contributed by atoms with Crippen molar-refractivity contribution in [1.29, 1.82) is 0 Å². The van der Waals surface area contributed by atoms with E-state index in [2.05, 4.69) is 24.1 Å². The van der Waals surface area contributed by atoms with Crippen LogP contribution in [0.5, 0.6) is 0 Å². The smallest absolute Gasteiger partial charge is 0.219 e. The molecule has 0 saturated heterocycles. The van der Waals surface area contributed by atoms with Crippen LogP contribution in [0.1, 0.15) is 32.0 Å². The van der Waals surface area contributed by atoms with Crippen LogP contribution < -0.4 is 5.32 Å². The van der Waals surface area contributed by atoms with Crippen molar-refractivity contribution in [3.63, 3.8) is 0 Å². The van der Waals surface area contributed by atoms with Crippen LogP contribution in [0.15, 0.2) is 24.5 Å². The van der Waals surface area contributed by atoms with E-state index in [1.165, 1.54) is 0 Å². The summed E-state index contributed by atoms with van der Waals surface area (Å²) in [5.74, 6) is 1.59. The Balaban J connectivity index is 2.06. The Labute approximate surface area is 136 Å². The van der Waals surface area contributed by atoms with Crippen molar-refractivity contribution in [3.05, 3.63) is 35.8 Å². The van der Waals surface area contributed by atoms with Crippen LogP contribution in [-0.2, 0) is 17.8 Å². The number of nitrogens with zero attached hydrogens (tertiary/aromatic N) is 4. The molecule has 0 bridgehead atoms. The van der Waals surface area contributed by atoms with Gasteiger partial charge in [-0.05, 0) is 32.4 Å². The van der Waals surface area contributed by atoms with E-state index in [1.807, 2.05) is 17.0 Å². The third-order valence-corrected chi connectivity index (χ3v) is 3.86. The molecular weight excluding hydrogens is 290 g/mol. The maximum Gasteiger partial charge on any atom is 0.219 e. The maximum absolute atomic E-state index is 11.7. The Hall–Kier alpha value is -2.50. The van der Waals surface area contributed by atoms with E-state index in [0.717, 1.165) is 29.1 Å². The molecular formula is C17H21N5O. The highest BCUT2D eigenvalue weighted by atomic mass is 16.2. The minimum atomic E-state index is 0.0792. The Morgan fingerprint density at radius 3 is 2.83 bits per heavy atom. The highest BCUT2D eigenvalue weighted by Crippen LogP contribution is 2.27. The van der Waals surface area contributed by atoms with E-state index >= 15 is 0 Å². The normalized spacial score (nSPS) is 13.8. The zero-order chi connectivity index (χ0) is 16.4. The van der Waals surface area contributed by atoms with Crippen molar-refractivity contribution < 1.29 is 4.79 Å². The van der Waals surface area contributed by atoms with Crippen molar-refractivity contribution in [1.82, 2.24) is 19.9 Å². The lowest BCUT2D eigenvalue weighted by atomic mass is 10.0. The number of nitrogens with one attached hydrogen (secondary N) is 1. The summed E-state index contributed by atoms with van der Waals surface area (Å²) in [5.41, 5.74) is 2.91. The number of carbonyl (C=O) groups is 1. The molecule has 0 aromatic carbocycles. The van der Waals surface area contributed by atoms with Gasteiger partial charge < -0.3 is 10.2 Å². The van der Waals surface area contributed by atoms with Crippen LogP contribution >= 0.6 is 0 Å². The molecule has 0 radical (unpaired) electrons. The Morgan fingerprint density at radius 2 is 2.17 bits per heavy atom. The van der Waals surface area contributed by atoms with E-state index in [9.17, 15) is 4.79 Å². The second-order valence-electron chi connectivity index (χ2n) is 6.05. The van der Waals surface area contributed by atoms with Crippen LogP contribution in [0.3, 0.4) is 0 Å². The molecule has 120 valence electrons. The number of fused-ring (bicyclic) bond motifs is 1. The van der Waals surface area contributed by atoms with Crippen molar-refractivity contribution in [2.75, 3.05) is 11.9 Å². The third kappa shape index (κ3) is 3.31. The van der Waals surface area contributed by atoms with E-state index < -0.39 is 0 Å². The molecule has 0 spiro atoms. The van der Waals surface area contributed by atoms with Crippen LogP contribution in [0.2, 0.25) is 0 Å². The molecule has 1 aliphatic heterocycles. The first-order valence-electron chi connectivity index (χ1n) is 7.87. The lowest BCUT2D eigenvalue weighted by Crippen LogP contribution is -2.35. The van der Waals surface area contributed by atoms with Crippen molar-refractivity contribution in [2.45, 2.75) is 39.8 Å².